The summed E-state index contributed by atoms with van der Waals surface area (Å²) >= 11 is 0. The molecule has 1 amide bonds. The van der Waals surface area contributed by atoms with E-state index in [-0.39, 0.29) is 36.3 Å². The van der Waals surface area contributed by atoms with Crippen LogP contribution in [0.15, 0.2) is 47.5 Å². The molecule has 9 nitrogen and oxygen atoms in total. The Labute approximate surface area is 185 Å². The lowest BCUT2D eigenvalue weighted by molar-refractivity contribution is -0.134. The van der Waals surface area contributed by atoms with Gasteiger partial charge >= 0.3 is 5.56 Å². The van der Waals surface area contributed by atoms with Crippen molar-refractivity contribution >= 4 is 11.7 Å². The van der Waals surface area contributed by atoms with Crippen molar-refractivity contribution < 1.29 is 19.7 Å². The molecule has 0 saturated carbocycles. The second-order valence-electron chi connectivity index (χ2n) is 8.62. The second-order valence-corrected chi connectivity index (χ2v) is 8.62. The molecule has 9 heteroatoms. The standard InChI is InChI=1S/C23H28N4O5/c1-15-10-16(2)12-26(11-15)18(28)13-25-8-9-27-21(29)20(19(22(30)31)24-23(25)27)32-14-17-6-4-3-5-7-17/h3-9,15-16,22,30-31H,10-14H2,1-2H3/t15-,16?/m1/s1. The van der Waals surface area contributed by atoms with Gasteiger partial charge in [-0.05, 0) is 23.8 Å². The molecule has 1 unspecified atom stereocenters. The third kappa shape index (κ3) is 4.53. The number of rotatable bonds is 6. The van der Waals surface area contributed by atoms with E-state index in [9.17, 15) is 19.8 Å². The van der Waals surface area contributed by atoms with E-state index in [2.05, 4.69) is 18.8 Å². The Hall–Kier alpha value is -3.17. The SMILES string of the molecule is CC1C[C@@H](C)CN(C(=O)Cn2ccn3c(=O)c(OCc4ccccc4)c(C(O)O)nc23)C1. The fourth-order valence-corrected chi connectivity index (χ4v) is 4.35. The van der Waals surface area contributed by atoms with Crippen LogP contribution in [-0.4, -0.2) is 48.1 Å². The maximum Gasteiger partial charge on any atom is 0.301 e. The number of nitrogens with zero attached hydrogens (tertiary/aromatic N) is 4. The third-order valence-electron chi connectivity index (χ3n) is 5.73. The van der Waals surface area contributed by atoms with Gasteiger partial charge in [-0.3, -0.25) is 9.59 Å². The first-order valence-corrected chi connectivity index (χ1v) is 10.8. The number of benzene rings is 1. The van der Waals surface area contributed by atoms with Crippen molar-refractivity contribution in [2.24, 2.45) is 11.8 Å². The van der Waals surface area contributed by atoms with E-state index < -0.39 is 11.8 Å². The zero-order valence-corrected chi connectivity index (χ0v) is 18.2. The largest absolute Gasteiger partial charge is 0.481 e. The Morgan fingerprint density at radius 3 is 2.50 bits per heavy atom. The summed E-state index contributed by atoms with van der Waals surface area (Å²) in [6.07, 6.45) is 2.19. The van der Waals surface area contributed by atoms with Crippen LogP contribution in [0, 0.1) is 11.8 Å². The minimum absolute atomic E-state index is 0.00750. The van der Waals surface area contributed by atoms with Crippen molar-refractivity contribution in [3.63, 3.8) is 0 Å². The molecule has 2 aromatic heterocycles. The Morgan fingerprint density at radius 1 is 1.16 bits per heavy atom. The highest BCUT2D eigenvalue weighted by atomic mass is 16.5. The monoisotopic (exact) mass is 440 g/mol. The summed E-state index contributed by atoms with van der Waals surface area (Å²) in [6.45, 7) is 5.76. The number of aliphatic hydroxyl groups excluding tert-OH is 1. The molecule has 170 valence electrons. The van der Waals surface area contributed by atoms with E-state index >= 15 is 0 Å². The number of carbonyl (C=O) groups is 1. The molecule has 0 radical (unpaired) electrons. The first-order valence-electron chi connectivity index (χ1n) is 10.8. The van der Waals surface area contributed by atoms with Gasteiger partial charge in [-0.1, -0.05) is 44.2 Å². The molecule has 0 spiro atoms. The molecule has 0 aliphatic carbocycles. The lowest BCUT2D eigenvalue weighted by Crippen LogP contribution is -2.44. The van der Waals surface area contributed by atoms with Crippen LogP contribution in [0.25, 0.3) is 5.78 Å². The van der Waals surface area contributed by atoms with E-state index in [0.717, 1.165) is 12.0 Å². The van der Waals surface area contributed by atoms with Crippen LogP contribution in [0.5, 0.6) is 5.75 Å². The third-order valence-corrected chi connectivity index (χ3v) is 5.73. The second kappa shape index (κ2) is 9.13. The molecule has 1 aromatic carbocycles. The van der Waals surface area contributed by atoms with Gasteiger partial charge in [0.05, 0.1) is 0 Å². The Kier molecular flexibility index (Phi) is 6.29. The quantitative estimate of drug-likeness (QED) is 0.563. The van der Waals surface area contributed by atoms with Gasteiger partial charge in [0.15, 0.2) is 6.29 Å². The summed E-state index contributed by atoms with van der Waals surface area (Å²) in [6, 6.07) is 9.22. The molecule has 1 aliphatic rings. The number of piperidine rings is 1. The van der Waals surface area contributed by atoms with Gasteiger partial charge in [0, 0.05) is 25.5 Å². The normalized spacial score (nSPS) is 19.0. The van der Waals surface area contributed by atoms with Crippen molar-refractivity contribution in [1.82, 2.24) is 18.9 Å². The lowest BCUT2D eigenvalue weighted by Gasteiger charge is -2.35. The Balaban J connectivity index is 1.62. The first-order chi connectivity index (χ1) is 15.3. The molecule has 3 heterocycles. The topological polar surface area (TPSA) is 109 Å². The number of aromatic nitrogens is 3. The van der Waals surface area contributed by atoms with E-state index in [4.69, 9.17) is 4.74 Å². The molecule has 2 N–H and O–H groups in total. The number of hydrogen-bond donors (Lipinski definition) is 2. The van der Waals surface area contributed by atoms with Gasteiger partial charge in [-0.15, -0.1) is 0 Å². The van der Waals surface area contributed by atoms with Crippen LogP contribution in [-0.2, 0) is 17.9 Å². The summed E-state index contributed by atoms with van der Waals surface area (Å²) < 4.78 is 8.43. The summed E-state index contributed by atoms with van der Waals surface area (Å²) in [4.78, 5) is 32.0. The average Bonchev–Trinajstić information content (AvgIpc) is 3.15. The maximum atomic E-state index is 13.0. The molecule has 2 atom stereocenters. The average molecular weight is 441 g/mol. The first kappa shape index (κ1) is 22.0. The van der Waals surface area contributed by atoms with E-state index in [1.165, 1.54) is 10.6 Å². The Bertz CT molecular complexity index is 1140. The van der Waals surface area contributed by atoms with Crippen LogP contribution >= 0.6 is 0 Å². The molecule has 3 aromatic rings. The lowest BCUT2D eigenvalue weighted by atomic mass is 9.92. The van der Waals surface area contributed by atoms with E-state index in [1.54, 1.807) is 10.8 Å². The number of amides is 1. The number of ether oxygens (including phenoxy) is 1. The van der Waals surface area contributed by atoms with Crippen LogP contribution in [0.1, 0.15) is 37.8 Å². The molecule has 1 saturated heterocycles. The van der Waals surface area contributed by atoms with Crippen molar-refractivity contribution in [3.05, 3.63) is 64.3 Å². The van der Waals surface area contributed by atoms with Crippen LogP contribution in [0.3, 0.4) is 0 Å². The number of carbonyl (C=O) groups excluding carboxylic acids is 1. The highest BCUT2D eigenvalue weighted by Gasteiger charge is 2.27. The zero-order chi connectivity index (χ0) is 22.8. The number of likely N-dealkylation sites (tertiary alicyclic amines) is 1. The van der Waals surface area contributed by atoms with Gasteiger partial charge in [0.1, 0.15) is 18.8 Å². The minimum atomic E-state index is -2.00. The van der Waals surface area contributed by atoms with Gasteiger partial charge < -0.3 is 24.4 Å². The van der Waals surface area contributed by atoms with Crippen LogP contribution in [0.4, 0.5) is 0 Å². The van der Waals surface area contributed by atoms with Crippen LogP contribution in [0.2, 0.25) is 0 Å². The molecule has 4 rings (SSSR count). The molecule has 1 aliphatic heterocycles. The maximum absolute atomic E-state index is 13.0. The van der Waals surface area contributed by atoms with Crippen molar-refractivity contribution in [1.29, 1.82) is 0 Å². The number of aliphatic hydroxyl groups is 2. The predicted octanol–water partition coefficient (Wildman–Crippen LogP) is 1.56. The molecular weight excluding hydrogens is 412 g/mol. The summed E-state index contributed by atoms with van der Waals surface area (Å²) in [5.41, 5.74) is -0.0254. The van der Waals surface area contributed by atoms with E-state index in [0.29, 0.717) is 24.9 Å². The van der Waals surface area contributed by atoms with Gasteiger partial charge in [-0.25, -0.2) is 9.38 Å². The van der Waals surface area contributed by atoms with Crippen molar-refractivity contribution in [3.8, 4) is 5.75 Å². The number of imidazole rings is 1. The summed E-state index contributed by atoms with van der Waals surface area (Å²) in [5, 5.41) is 19.7. The highest BCUT2D eigenvalue weighted by Crippen LogP contribution is 2.22. The van der Waals surface area contributed by atoms with Crippen molar-refractivity contribution in [2.45, 2.75) is 39.7 Å². The molecule has 1 fully saturated rings. The predicted molar refractivity (Wildman–Crippen MR) is 117 cm³/mol. The summed E-state index contributed by atoms with van der Waals surface area (Å²) in [7, 11) is 0. The van der Waals surface area contributed by atoms with Gasteiger partial charge in [0.2, 0.25) is 17.4 Å². The van der Waals surface area contributed by atoms with Gasteiger partial charge in [0.25, 0.3) is 0 Å². The minimum Gasteiger partial charge on any atom is -0.481 e. The molecular formula is C23H28N4O5. The Morgan fingerprint density at radius 2 is 1.84 bits per heavy atom. The molecule has 32 heavy (non-hydrogen) atoms. The fraction of sp³-hybridized carbons (Fsp3) is 0.435. The fourth-order valence-electron chi connectivity index (χ4n) is 4.35. The smallest absolute Gasteiger partial charge is 0.301 e. The number of hydrogen-bond acceptors (Lipinski definition) is 6. The van der Waals surface area contributed by atoms with E-state index in [1.807, 2.05) is 35.2 Å². The van der Waals surface area contributed by atoms with Crippen LogP contribution < -0.4 is 10.3 Å². The van der Waals surface area contributed by atoms with Crippen molar-refractivity contribution in [2.75, 3.05) is 13.1 Å². The zero-order valence-electron chi connectivity index (χ0n) is 18.2. The van der Waals surface area contributed by atoms with Gasteiger partial charge in [-0.2, -0.15) is 0 Å². The summed E-state index contributed by atoms with van der Waals surface area (Å²) in [5.74, 6) is 0.725. The highest BCUT2D eigenvalue weighted by molar-refractivity contribution is 5.76. The molecule has 0 bridgehead atoms. The number of fused-ring (bicyclic) bond motifs is 1.